The number of hydrogen-bond donors (Lipinski definition) is 3. The van der Waals surface area contributed by atoms with Crippen LogP contribution >= 0.6 is 0 Å². The van der Waals surface area contributed by atoms with Gasteiger partial charge in [0.2, 0.25) is 0 Å². The van der Waals surface area contributed by atoms with Gasteiger partial charge in [-0.15, -0.1) is 0 Å². The predicted molar refractivity (Wildman–Crippen MR) is 67.4 cm³/mol. The molecular weight excluding hydrogens is 252 g/mol. The third-order valence-electron chi connectivity index (χ3n) is 1.75. The minimum Gasteiger partial charge on any atom is -0.508 e. The molecule has 2 amide bonds. The van der Waals surface area contributed by atoms with Gasteiger partial charge >= 0.3 is 12.0 Å². The average molecular weight is 268 g/mol. The molecule has 0 bridgehead atoms. The highest BCUT2D eigenvalue weighted by Crippen LogP contribution is 2.18. The van der Waals surface area contributed by atoms with Crippen LogP contribution in [0.15, 0.2) is 24.3 Å². The van der Waals surface area contributed by atoms with Gasteiger partial charge in [0.15, 0.2) is 0 Å². The lowest BCUT2D eigenvalue weighted by atomic mass is 10.2. The molecule has 0 heterocycles. The van der Waals surface area contributed by atoms with Crippen LogP contribution < -0.4 is 16.2 Å². The Morgan fingerprint density at radius 1 is 1.32 bits per heavy atom. The largest absolute Gasteiger partial charge is 0.508 e. The number of nitrogens with two attached hydrogens (primary N) is 2. The molecule has 1 aromatic carbocycles. The number of rotatable bonds is 5. The van der Waals surface area contributed by atoms with Crippen molar-refractivity contribution in [2.45, 2.75) is 19.3 Å². The number of amides is 2. The molecule has 7 heteroatoms. The first kappa shape index (κ1) is 16.4. The van der Waals surface area contributed by atoms with E-state index in [1.54, 1.807) is 12.1 Å². The van der Waals surface area contributed by atoms with E-state index >= 15 is 0 Å². The van der Waals surface area contributed by atoms with E-state index in [0.29, 0.717) is 18.6 Å². The lowest BCUT2D eigenvalue weighted by Crippen LogP contribution is -2.18. The summed E-state index contributed by atoms with van der Waals surface area (Å²) in [5.74, 6) is -0.0401. The van der Waals surface area contributed by atoms with Gasteiger partial charge in [-0.2, -0.15) is 0 Å². The molecule has 19 heavy (non-hydrogen) atoms. The molecular formula is C12H16N2O5. The van der Waals surface area contributed by atoms with E-state index in [-0.39, 0.29) is 12.2 Å². The maximum absolute atomic E-state index is 11.2. The lowest BCUT2D eigenvalue weighted by Gasteiger charge is -2.03. The normalized spacial score (nSPS) is 8.84. The first-order valence-corrected chi connectivity index (χ1v) is 5.44. The quantitative estimate of drug-likeness (QED) is 0.313. The summed E-state index contributed by atoms with van der Waals surface area (Å²) in [5.41, 5.74) is 8.50. The summed E-state index contributed by atoms with van der Waals surface area (Å²) in [7, 11) is 0. The van der Waals surface area contributed by atoms with Crippen LogP contribution in [0.3, 0.4) is 0 Å². The maximum Gasteiger partial charge on any atom is 0.311 e. The highest BCUT2D eigenvalue weighted by Gasteiger charge is 2.04. The number of aldehydes is 1. The number of carbonyl (C=O) groups is 3. The SMILES string of the molecule is NC(N)=O.O=CCCCC(=O)Oc1cccc(O)c1. The van der Waals surface area contributed by atoms with Crippen molar-refractivity contribution in [1.29, 1.82) is 0 Å². The third kappa shape index (κ3) is 10.3. The number of carbonyl (C=O) groups excluding carboxylic acids is 3. The van der Waals surface area contributed by atoms with Gasteiger partial charge in [0, 0.05) is 18.9 Å². The van der Waals surface area contributed by atoms with Crippen molar-refractivity contribution in [3.63, 3.8) is 0 Å². The van der Waals surface area contributed by atoms with Gasteiger partial charge in [-0.1, -0.05) is 6.07 Å². The second-order valence-electron chi connectivity index (χ2n) is 3.43. The molecule has 0 aromatic heterocycles. The summed E-state index contributed by atoms with van der Waals surface area (Å²) in [4.78, 5) is 30.2. The van der Waals surface area contributed by atoms with Gasteiger partial charge in [0.1, 0.15) is 17.8 Å². The number of unbranched alkanes of at least 4 members (excludes halogenated alkanes) is 1. The Kier molecular flexibility index (Phi) is 8.18. The first-order valence-electron chi connectivity index (χ1n) is 5.44. The van der Waals surface area contributed by atoms with E-state index in [0.717, 1.165) is 6.29 Å². The molecule has 5 N–H and O–H groups in total. The van der Waals surface area contributed by atoms with E-state index < -0.39 is 12.0 Å². The number of ether oxygens (including phenoxy) is 1. The van der Waals surface area contributed by atoms with Gasteiger partial charge in [-0.3, -0.25) is 4.79 Å². The number of benzene rings is 1. The summed E-state index contributed by atoms with van der Waals surface area (Å²) in [5, 5.41) is 9.10. The Labute approximate surface area is 110 Å². The molecule has 0 fully saturated rings. The number of phenols is 1. The maximum atomic E-state index is 11.2. The van der Waals surface area contributed by atoms with E-state index in [2.05, 4.69) is 11.5 Å². The second-order valence-corrected chi connectivity index (χ2v) is 3.43. The second kappa shape index (κ2) is 9.46. The number of urea groups is 1. The van der Waals surface area contributed by atoms with Crippen molar-refractivity contribution in [2.75, 3.05) is 0 Å². The molecule has 0 aliphatic heterocycles. The molecule has 7 nitrogen and oxygen atoms in total. The number of aromatic hydroxyl groups is 1. The zero-order chi connectivity index (χ0) is 14.7. The van der Waals surface area contributed by atoms with Gasteiger partial charge < -0.3 is 26.1 Å². The van der Waals surface area contributed by atoms with Crippen molar-refractivity contribution >= 4 is 18.3 Å². The van der Waals surface area contributed by atoms with Crippen LogP contribution in [0.4, 0.5) is 4.79 Å². The Morgan fingerprint density at radius 2 is 1.95 bits per heavy atom. The molecule has 0 unspecified atom stereocenters. The summed E-state index contributed by atoms with van der Waals surface area (Å²) in [6, 6.07) is 5.18. The zero-order valence-electron chi connectivity index (χ0n) is 10.2. The number of primary amides is 2. The van der Waals surface area contributed by atoms with Crippen molar-refractivity contribution in [3.05, 3.63) is 24.3 Å². The smallest absolute Gasteiger partial charge is 0.311 e. The van der Waals surface area contributed by atoms with Crippen LogP contribution in [-0.2, 0) is 9.59 Å². The van der Waals surface area contributed by atoms with Gasteiger partial charge in [-0.05, 0) is 18.6 Å². The van der Waals surface area contributed by atoms with E-state index in [4.69, 9.17) is 14.6 Å². The molecule has 0 saturated heterocycles. The van der Waals surface area contributed by atoms with Crippen molar-refractivity contribution in [3.8, 4) is 11.5 Å². The Bertz CT molecular complexity index is 430. The highest BCUT2D eigenvalue weighted by atomic mass is 16.5. The molecule has 0 radical (unpaired) electrons. The highest BCUT2D eigenvalue weighted by molar-refractivity contribution is 5.72. The van der Waals surface area contributed by atoms with Gasteiger partial charge in [0.05, 0.1) is 0 Å². The van der Waals surface area contributed by atoms with Crippen LogP contribution in [0, 0.1) is 0 Å². The van der Waals surface area contributed by atoms with E-state index in [1.807, 2.05) is 0 Å². The Hall–Kier alpha value is -2.57. The van der Waals surface area contributed by atoms with Crippen LogP contribution in [0.25, 0.3) is 0 Å². The first-order chi connectivity index (χ1) is 8.95. The lowest BCUT2D eigenvalue weighted by molar-refractivity contribution is -0.134. The summed E-state index contributed by atoms with van der Waals surface area (Å²) in [6.07, 6.45) is 1.81. The van der Waals surface area contributed by atoms with Crippen LogP contribution in [0.1, 0.15) is 19.3 Å². The van der Waals surface area contributed by atoms with E-state index in [1.165, 1.54) is 12.1 Å². The minimum absolute atomic E-state index is 0.0493. The minimum atomic E-state index is -0.833. The van der Waals surface area contributed by atoms with Crippen molar-refractivity contribution in [2.24, 2.45) is 11.5 Å². The van der Waals surface area contributed by atoms with Gasteiger partial charge in [-0.25, -0.2) is 4.79 Å². The molecule has 104 valence electrons. The zero-order valence-corrected chi connectivity index (χ0v) is 10.2. The van der Waals surface area contributed by atoms with Crippen LogP contribution in [0.2, 0.25) is 0 Å². The Balaban J connectivity index is 0.000000711. The fourth-order valence-corrected chi connectivity index (χ4v) is 1.06. The summed E-state index contributed by atoms with van der Waals surface area (Å²) < 4.78 is 4.93. The standard InChI is InChI=1S/C11H12O4.CH4N2O/c12-7-2-1-6-11(14)15-10-5-3-4-9(13)8-10;2-1(3)4/h3-5,7-8,13H,1-2,6H2;(H4,2,3,4). The predicted octanol–water partition coefficient (Wildman–Crippen LogP) is 0.691. The third-order valence-corrected chi connectivity index (χ3v) is 1.75. The van der Waals surface area contributed by atoms with Crippen LogP contribution in [-0.4, -0.2) is 23.4 Å². The number of phenolic OH excluding ortho intramolecular Hbond substituents is 1. The molecule has 0 saturated carbocycles. The van der Waals surface area contributed by atoms with Crippen molar-refractivity contribution in [1.82, 2.24) is 0 Å². The monoisotopic (exact) mass is 268 g/mol. The summed E-state index contributed by atoms with van der Waals surface area (Å²) in [6.45, 7) is 0. The fraction of sp³-hybridized carbons (Fsp3) is 0.250. The van der Waals surface area contributed by atoms with Crippen LogP contribution in [0.5, 0.6) is 11.5 Å². The topological polar surface area (TPSA) is 133 Å². The fourth-order valence-electron chi connectivity index (χ4n) is 1.06. The molecule has 0 aliphatic rings. The molecule has 0 aliphatic carbocycles. The average Bonchev–Trinajstić information content (AvgIpc) is 2.28. The van der Waals surface area contributed by atoms with Crippen molar-refractivity contribution < 1.29 is 24.2 Å². The number of esters is 1. The summed E-state index contributed by atoms with van der Waals surface area (Å²) >= 11 is 0. The number of hydrogen-bond acceptors (Lipinski definition) is 5. The molecule has 0 spiro atoms. The molecule has 0 atom stereocenters. The molecule has 1 rings (SSSR count). The van der Waals surface area contributed by atoms with Gasteiger partial charge in [0.25, 0.3) is 0 Å². The molecule has 1 aromatic rings. The van der Waals surface area contributed by atoms with E-state index in [9.17, 15) is 9.59 Å². The Morgan fingerprint density at radius 3 is 2.47 bits per heavy atom.